The van der Waals surface area contributed by atoms with Crippen molar-refractivity contribution < 1.29 is 24.5 Å². The minimum Gasteiger partial charge on any atom is -0.388 e. The third kappa shape index (κ3) is 5.24. The number of aliphatic hydroxyl groups excluding tert-OH is 2. The van der Waals surface area contributed by atoms with Crippen molar-refractivity contribution in [2.24, 2.45) is 5.92 Å². The van der Waals surface area contributed by atoms with E-state index in [1.165, 1.54) is 0 Å². The molecule has 4 N–H and O–H groups in total. The number of aliphatic hydroxyl groups is 2. The fourth-order valence-electron chi connectivity index (χ4n) is 3.65. The number of hydrogen-bond acceptors (Lipinski definition) is 6. The Hall–Kier alpha value is -2.03. The van der Waals surface area contributed by atoms with Gasteiger partial charge < -0.3 is 25.6 Å². The molecule has 1 aliphatic heterocycles. The van der Waals surface area contributed by atoms with Crippen LogP contribution in [0.1, 0.15) is 37.7 Å². The molecule has 4 unspecified atom stereocenters. The lowest BCUT2D eigenvalue weighted by Crippen LogP contribution is -2.41. The Kier molecular flexibility index (Phi) is 6.76. The number of rotatable bonds is 7. The van der Waals surface area contributed by atoms with Crippen LogP contribution in [-0.2, 0) is 20.9 Å². The fourth-order valence-corrected chi connectivity index (χ4v) is 3.65. The maximum atomic E-state index is 12.1. The highest BCUT2D eigenvalue weighted by Gasteiger charge is 2.43. The van der Waals surface area contributed by atoms with E-state index < -0.39 is 24.4 Å². The zero-order valence-electron chi connectivity index (χ0n) is 15.2. The van der Waals surface area contributed by atoms with Crippen LogP contribution in [0.2, 0.25) is 0 Å². The van der Waals surface area contributed by atoms with Crippen molar-refractivity contribution in [2.75, 3.05) is 6.54 Å². The van der Waals surface area contributed by atoms with Crippen LogP contribution in [-0.4, -0.2) is 58.0 Å². The zero-order valence-corrected chi connectivity index (χ0v) is 15.2. The van der Waals surface area contributed by atoms with Crippen molar-refractivity contribution in [1.82, 2.24) is 15.6 Å². The summed E-state index contributed by atoms with van der Waals surface area (Å²) in [5.41, 5.74) is 0.867. The highest BCUT2D eigenvalue weighted by molar-refractivity contribution is 5.79. The molecule has 0 aromatic carbocycles. The lowest BCUT2D eigenvalue weighted by atomic mass is 10.0. The van der Waals surface area contributed by atoms with Gasteiger partial charge in [0.25, 0.3) is 0 Å². The van der Waals surface area contributed by atoms with E-state index in [0.717, 1.165) is 31.2 Å². The molecule has 2 aliphatic rings. The second-order valence-electron chi connectivity index (χ2n) is 7.26. The molecule has 8 nitrogen and oxygen atoms in total. The Morgan fingerprint density at radius 2 is 1.89 bits per heavy atom. The summed E-state index contributed by atoms with van der Waals surface area (Å²) in [5.74, 6) is -0.288. The molecule has 148 valence electrons. The van der Waals surface area contributed by atoms with Crippen LogP contribution in [0.3, 0.4) is 0 Å². The topological polar surface area (TPSA) is 121 Å². The van der Waals surface area contributed by atoms with Gasteiger partial charge in [0.2, 0.25) is 11.8 Å². The minimum absolute atomic E-state index is 0.0301. The van der Waals surface area contributed by atoms with E-state index >= 15 is 0 Å². The van der Waals surface area contributed by atoms with Gasteiger partial charge in [-0.15, -0.1) is 0 Å². The van der Waals surface area contributed by atoms with E-state index in [1.807, 2.05) is 6.07 Å². The number of nitrogens with zero attached hydrogens (tertiary/aromatic N) is 1. The predicted molar refractivity (Wildman–Crippen MR) is 96.3 cm³/mol. The Morgan fingerprint density at radius 3 is 2.59 bits per heavy atom. The number of aromatic nitrogens is 1. The maximum absolute atomic E-state index is 12.1. The van der Waals surface area contributed by atoms with E-state index in [2.05, 4.69) is 15.6 Å². The van der Waals surface area contributed by atoms with E-state index in [1.54, 1.807) is 18.5 Å². The predicted octanol–water partition coefficient (Wildman–Crippen LogP) is -0.116. The van der Waals surface area contributed by atoms with Gasteiger partial charge >= 0.3 is 0 Å². The van der Waals surface area contributed by atoms with Crippen molar-refractivity contribution >= 4 is 11.8 Å². The van der Waals surface area contributed by atoms with Crippen molar-refractivity contribution in [1.29, 1.82) is 0 Å². The standard InChI is InChI=1S/C19H27N3O5/c23-16(21-10-12-4-3-7-20-9-12)8-14-17(24)18(25)15(27-14)11-22-19(26)13-5-1-2-6-13/h3-4,7,9,13-15,17-18,24-25H,1-2,5-6,8,10-11H2,(H,21,23)(H,22,26). The molecule has 2 fully saturated rings. The lowest BCUT2D eigenvalue weighted by molar-refractivity contribution is -0.127. The molecular formula is C19H27N3O5. The first-order chi connectivity index (χ1) is 13.0. The molecule has 4 atom stereocenters. The molecule has 0 bridgehead atoms. The summed E-state index contributed by atoms with van der Waals surface area (Å²) >= 11 is 0. The molecular weight excluding hydrogens is 350 g/mol. The van der Waals surface area contributed by atoms with Crippen molar-refractivity contribution in [3.05, 3.63) is 30.1 Å². The second kappa shape index (κ2) is 9.25. The van der Waals surface area contributed by atoms with Gasteiger partial charge in [-0.3, -0.25) is 14.6 Å². The first-order valence-electron chi connectivity index (χ1n) is 9.49. The van der Waals surface area contributed by atoms with Gasteiger partial charge in [0, 0.05) is 31.4 Å². The smallest absolute Gasteiger partial charge is 0.223 e. The Morgan fingerprint density at radius 1 is 1.15 bits per heavy atom. The van der Waals surface area contributed by atoms with Gasteiger partial charge in [-0.25, -0.2) is 0 Å². The number of pyridine rings is 1. The van der Waals surface area contributed by atoms with Crippen LogP contribution in [0.25, 0.3) is 0 Å². The van der Waals surface area contributed by atoms with Gasteiger partial charge in [-0.1, -0.05) is 18.9 Å². The molecule has 1 saturated carbocycles. The molecule has 2 amide bonds. The third-order valence-electron chi connectivity index (χ3n) is 5.26. The van der Waals surface area contributed by atoms with Crippen LogP contribution in [0.15, 0.2) is 24.5 Å². The summed E-state index contributed by atoms with van der Waals surface area (Å²) in [6, 6.07) is 3.63. The number of carbonyl (C=O) groups is 2. The maximum Gasteiger partial charge on any atom is 0.223 e. The van der Waals surface area contributed by atoms with Crippen LogP contribution in [0.5, 0.6) is 0 Å². The largest absolute Gasteiger partial charge is 0.388 e. The number of nitrogens with one attached hydrogen (secondary N) is 2. The molecule has 0 spiro atoms. The molecule has 27 heavy (non-hydrogen) atoms. The Bertz CT molecular complexity index is 635. The number of carbonyl (C=O) groups excluding carboxylic acids is 2. The average Bonchev–Trinajstić information content (AvgIpc) is 3.30. The summed E-state index contributed by atoms with van der Waals surface area (Å²) in [4.78, 5) is 28.2. The molecule has 3 rings (SSSR count). The normalized spacial score (nSPS) is 28.2. The highest BCUT2D eigenvalue weighted by Crippen LogP contribution is 2.26. The zero-order chi connectivity index (χ0) is 19.2. The molecule has 2 heterocycles. The van der Waals surface area contributed by atoms with Gasteiger partial charge in [0.05, 0.1) is 12.5 Å². The van der Waals surface area contributed by atoms with Crippen molar-refractivity contribution in [2.45, 2.75) is 63.1 Å². The van der Waals surface area contributed by atoms with Gasteiger partial charge in [0.1, 0.15) is 18.3 Å². The van der Waals surface area contributed by atoms with Crippen molar-refractivity contribution in [3.63, 3.8) is 0 Å². The number of ether oxygens (including phenoxy) is 1. The van der Waals surface area contributed by atoms with E-state index in [4.69, 9.17) is 4.74 Å². The summed E-state index contributed by atoms with van der Waals surface area (Å²) in [7, 11) is 0. The summed E-state index contributed by atoms with van der Waals surface area (Å²) < 4.78 is 5.63. The van der Waals surface area contributed by atoms with Crippen molar-refractivity contribution in [3.8, 4) is 0 Å². The summed E-state index contributed by atoms with van der Waals surface area (Å²) in [5, 5.41) is 25.9. The van der Waals surface area contributed by atoms with Gasteiger partial charge in [-0.2, -0.15) is 0 Å². The number of amides is 2. The summed E-state index contributed by atoms with van der Waals surface area (Å²) in [6.45, 7) is 0.459. The molecule has 1 aromatic heterocycles. The third-order valence-corrected chi connectivity index (χ3v) is 5.26. The molecule has 1 saturated heterocycles. The van der Waals surface area contributed by atoms with Gasteiger partial charge in [-0.05, 0) is 24.5 Å². The van der Waals surface area contributed by atoms with Crippen LogP contribution in [0.4, 0.5) is 0 Å². The first-order valence-corrected chi connectivity index (χ1v) is 9.49. The fraction of sp³-hybridized carbons (Fsp3) is 0.632. The van der Waals surface area contributed by atoms with Crippen LogP contribution >= 0.6 is 0 Å². The molecule has 8 heteroatoms. The quantitative estimate of drug-likeness (QED) is 0.526. The molecule has 0 radical (unpaired) electrons. The minimum atomic E-state index is -1.16. The summed E-state index contributed by atoms with van der Waals surface area (Å²) in [6.07, 6.45) is 3.34. The highest BCUT2D eigenvalue weighted by atomic mass is 16.5. The average molecular weight is 377 g/mol. The monoisotopic (exact) mass is 377 g/mol. The molecule has 1 aliphatic carbocycles. The Labute approximate surface area is 158 Å². The first kappa shape index (κ1) is 19.7. The van der Waals surface area contributed by atoms with Crippen LogP contribution in [0, 0.1) is 5.92 Å². The number of hydrogen-bond donors (Lipinski definition) is 4. The second-order valence-corrected chi connectivity index (χ2v) is 7.26. The van der Waals surface area contributed by atoms with Gasteiger partial charge in [0.15, 0.2) is 0 Å². The van der Waals surface area contributed by atoms with E-state index in [0.29, 0.717) is 6.54 Å². The van der Waals surface area contributed by atoms with E-state index in [-0.39, 0.29) is 30.7 Å². The van der Waals surface area contributed by atoms with Crippen LogP contribution < -0.4 is 10.6 Å². The SMILES string of the molecule is O=C(CC1OC(CNC(=O)C2CCCC2)C(O)C1O)NCc1cccnc1. The van der Waals surface area contributed by atoms with E-state index in [9.17, 15) is 19.8 Å². The molecule has 1 aromatic rings. The lowest BCUT2D eigenvalue weighted by Gasteiger charge is -2.17. The Balaban J connectivity index is 1.43.